The third-order valence-corrected chi connectivity index (χ3v) is 5.22. The number of carbonyl (C=O) groups is 1. The molecule has 0 saturated carbocycles. The largest absolute Gasteiger partial charge is 0.384 e. The van der Waals surface area contributed by atoms with Gasteiger partial charge >= 0.3 is 0 Å². The Labute approximate surface area is 158 Å². The van der Waals surface area contributed by atoms with Gasteiger partial charge in [-0.3, -0.25) is 9.69 Å². The molecule has 1 aromatic heterocycles. The number of amides is 1. The number of aromatic nitrogens is 2. The van der Waals surface area contributed by atoms with E-state index in [9.17, 15) is 4.79 Å². The van der Waals surface area contributed by atoms with E-state index in [1.165, 1.54) is 22.9 Å². The van der Waals surface area contributed by atoms with Crippen LogP contribution in [0.1, 0.15) is 16.8 Å². The van der Waals surface area contributed by atoms with Crippen LogP contribution in [0.2, 0.25) is 0 Å². The number of nitrogen functional groups attached to an aromatic ring is 1. The van der Waals surface area contributed by atoms with E-state index in [-0.39, 0.29) is 5.91 Å². The lowest BCUT2D eigenvalue weighted by Crippen LogP contribution is -2.48. The average molecular weight is 372 g/mol. The van der Waals surface area contributed by atoms with E-state index in [0.29, 0.717) is 16.7 Å². The Kier molecular flexibility index (Phi) is 6.11. The second kappa shape index (κ2) is 8.51. The first-order chi connectivity index (χ1) is 12.5. The zero-order valence-corrected chi connectivity index (χ0v) is 16.1. The highest BCUT2D eigenvalue weighted by Crippen LogP contribution is 2.17. The summed E-state index contributed by atoms with van der Waals surface area (Å²) in [6.45, 7) is 8.26. The van der Waals surface area contributed by atoms with Crippen molar-refractivity contribution in [2.75, 3.05) is 37.7 Å². The molecule has 0 aliphatic carbocycles. The van der Waals surface area contributed by atoms with Gasteiger partial charge in [-0.05, 0) is 19.4 Å². The van der Waals surface area contributed by atoms with Crippen LogP contribution in [0.3, 0.4) is 0 Å². The van der Waals surface area contributed by atoms with Crippen LogP contribution >= 0.6 is 11.8 Å². The molecule has 0 bridgehead atoms. The molecule has 1 saturated heterocycles. The van der Waals surface area contributed by atoms with Crippen molar-refractivity contribution in [2.45, 2.75) is 25.5 Å². The number of piperazine rings is 1. The number of aryl methyl sites for hydroxylation is 2. The Balaban J connectivity index is 1.46. The van der Waals surface area contributed by atoms with Crippen molar-refractivity contribution in [3.8, 4) is 0 Å². The zero-order chi connectivity index (χ0) is 18.5. The maximum absolute atomic E-state index is 12.5. The van der Waals surface area contributed by atoms with E-state index < -0.39 is 0 Å². The van der Waals surface area contributed by atoms with Crippen molar-refractivity contribution in [1.82, 2.24) is 19.8 Å². The van der Waals surface area contributed by atoms with Crippen LogP contribution in [-0.4, -0.2) is 57.6 Å². The van der Waals surface area contributed by atoms with E-state index >= 15 is 0 Å². The lowest BCUT2D eigenvalue weighted by molar-refractivity contribution is -0.130. The van der Waals surface area contributed by atoms with Gasteiger partial charge in [-0.15, -0.1) is 0 Å². The normalized spacial score (nSPS) is 15.2. The summed E-state index contributed by atoms with van der Waals surface area (Å²) in [4.78, 5) is 25.3. The van der Waals surface area contributed by atoms with Crippen molar-refractivity contribution in [3.05, 3.63) is 47.2 Å². The van der Waals surface area contributed by atoms with Crippen molar-refractivity contribution < 1.29 is 4.79 Å². The fourth-order valence-corrected chi connectivity index (χ4v) is 3.88. The van der Waals surface area contributed by atoms with E-state index in [0.717, 1.165) is 38.4 Å². The van der Waals surface area contributed by atoms with Gasteiger partial charge < -0.3 is 10.6 Å². The van der Waals surface area contributed by atoms with Gasteiger partial charge in [-0.2, -0.15) is 0 Å². The third-order valence-electron chi connectivity index (χ3n) is 4.39. The van der Waals surface area contributed by atoms with Crippen LogP contribution in [0.15, 0.2) is 35.5 Å². The molecule has 2 aromatic rings. The summed E-state index contributed by atoms with van der Waals surface area (Å²) in [5, 5.41) is 0.564. The number of anilines is 1. The number of thioether (sulfide) groups is 1. The maximum atomic E-state index is 12.5. The minimum atomic E-state index is 0.133. The molecule has 0 spiro atoms. The number of nitrogens with zero attached hydrogens (tertiary/aromatic N) is 4. The highest BCUT2D eigenvalue weighted by Gasteiger charge is 2.21. The number of nitrogens with two attached hydrogens (primary N) is 1. The van der Waals surface area contributed by atoms with E-state index in [4.69, 9.17) is 5.73 Å². The van der Waals surface area contributed by atoms with Gasteiger partial charge in [-0.1, -0.05) is 41.6 Å². The maximum Gasteiger partial charge on any atom is 0.233 e. The average Bonchev–Trinajstić information content (AvgIpc) is 2.59. The highest BCUT2D eigenvalue weighted by molar-refractivity contribution is 7.99. The van der Waals surface area contributed by atoms with E-state index in [1.807, 2.05) is 11.8 Å². The molecule has 138 valence electrons. The second-order valence-corrected chi connectivity index (χ2v) is 7.59. The molecular weight excluding hydrogens is 346 g/mol. The number of hydrogen-bond donors (Lipinski definition) is 1. The van der Waals surface area contributed by atoms with Crippen molar-refractivity contribution >= 4 is 23.5 Å². The van der Waals surface area contributed by atoms with Gasteiger partial charge in [-0.25, -0.2) is 9.97 Å². The van der Waals surface area contributed by atoms with Gasteiger partial charge in [0, 0.05) is 44.5 Å². The quantitative estimate of drug-likeness (QED) is 0.641. The molecule has 3 rings (SSSR count). The predicted octanol–water partition coefficient (Wildman–Crippen LogP) is 2.11. The Bertz CT molecular complexity index is 754. The number of hydrogen-bond acceptors (Lipinski definition) is 6. The van der Waals surface area contributed by atoms with Crippen LogP contribution in [0, 0.1) is 13.8 Å². The van der Waals surface area contributed by atoms with Crippen molar-refractivity contribution in [3.63, 3.8) is 0 Å². The van der Waals surface area contributed by atoms with Crippen molar-refractivity contribution in [2.24, 2.45) is 0 Å². The molecular formula is C19H25N5OS. The molecule has 2 heterocycles. The summed E-state index contributed by atoms with van der Waals surface area (Å²) in [6.07, 6.45) is 0. The smallest absolute Gasteiger partial charge is 0.233 e. The minimum absolute atomic E-state index is 0.133. The number of rotatable bonds is 5. The minimum Gasteiger partial charge on any atom is -0.384 e. The molecule has 1 aliphatic rings. The Hall–Kier alpha value is -2.12. The monoisotopic (exact) mass is 371 g/mol. The molecule has 1 aliphatic heterocycles. The lowest BCUT2D eigenvalue weighted by Gasteiger charge is -2.34. The lowest BCUT2D eigenvalue weighted by atomic mass is 10.1. The first kappa shape index (κ1) is 18.7. The van der Waals surface area contributed by atoms with Crippen LogP contribution in [0.25, 0.3) is 0 Å². The topological polar surface area (TPSA) is 75.3 Å². The number of carbonyl (C=O) groups excluding carboxylic acids is 1. The standard InChI is InChI=1S/C19H25N5OS/c1-14-4-3-5-16(10-14)12-23-6-8-24(9-7-23)18(25)13-26-19-21-15(2)11-17(20)22-19/h3-5,10-11H,6-9,12-13H2,1-2H3,(H2,20,21,22). The first-order valence-corrected chi connectivity index (χ1v) is 9.78. The molecule has 1 aromatic carbocycles. The van der Waals surface area contributed by atoms with Gasteiger partial charge in [0.15, 0.2) is 5.16 Å². The molecule has 0 radical (unpaired) electrons. The third kappa shape index (κ3) is 5.19. The summed E-state index contributed by atoms with van der Waals surface area (Å²) in [5.74, 6) is 0.923. The summed E-state index contributed by atoms with van der Waals surface area (Å²) in [5.41, 5.74) is 9.16. The second-order valence-electron chi connectivity index (χ2n) is 6.65. The van der Waals surface area contributed by atoms with Gasteiger partial charge in [0.1, 0.15) is 5.82 Å². The highest BCUT2D eigenvalue weighted by atomic mass is 32.2. The zero-order valence-electron chi connectivity index (χ0n) is 15.3. The summed E-state index contributed by atoms with van der Waals surface area (Å²) in [6, 6.07) is 10.3. The van der Waals surface area contributed by atoms with Gasteiger partial charge in [0.25, 0.3) is 0 Å². The summed E-state index contributed by atoms with van der Waals surface area (Å²) >= 11 is 1.35. The van der Waals surface area contributed by atoms with Crippen LogP contribution in [-0.2, 0) is 11.3 Å². The Morgan fingerprint density at radius 2 is 1.92 bits per heavy atom. The van der Waals surface area contributed by atoms with Crippen LogP contribution in [0.5, 0.6) is 0 Å². The van der Waals surface area contributed by atoms with Crippen LogP contribution in [0.4, 0.5) is 5.82 Å². The molecule has 0 unspecified atom stereocenters. The molecule has 7 heteroatoms. The Morgan fingerprint density at radius 3 is 2.62 bits per heavy atom. The van der Waals surface area contributed by atoms with Gasteiger partial charge in [0.05, 0.1) is 5.75 Å². The molecule has 1 fully saturated rings. The molecule has 2 N–H and O–H groups in total. The molecule has 26 heavy (non-hydrogen) atoms. The van der Waals surface area contributed by atoms with Crippen molar-refractivity contribution in [1.29, 1.82) is 0 Å². The molecule has 0 atom stereocenters. The van der Waals surface area contributed by atoms with E-state index in [1.54, 1.807) is 6.07 Å². The fourth-order valence-electron chi connectivity index (χ4n) is 3.07. The van der Waals surface area contributed by atoms with Crippen LogP contribution < -0.4 is 5.73 Å². The summed E-state index contributed by atoms with van der Waals surface area (Å²) < 4.78 is 0. The first-order valence-electron chi connectivity index (χ1n) is 8.79. The summed E-state index contributed by atoms with van der Waals surface area (Å²) in [7, 11) is 0. The fraction of sp³-hybridized carbons (Fsp3) is 0.421. The predicted molar refractivity (Wildman–Crippen MR) is 105 cm³/mol. The molecule has 6 nitrogen and oxygen atoms in total. The van der Waals surface area contributed by atoms with Gasteiger partial charge in [0.2, 0.25) is 5.91 Å². The Morgan fingerprint density at radius 1 is 1.15 bits per heavy atom. The SMILES string of the molecule is Cc1cccc(CN2CCN(C(=O)CSc3nc(C)cc(N)n3)CC2)c1. The molecule has 1 amide bonds. The number of benzene rings is 1. The van der Waals surface area contributed by atoms with E-state index in [2.05, 4.69) is 46.1 Å².